The quantitative estimate of drug-likeness (QED) is 0.875. The van der Waals surface area contributed by atoms with Crippen LogP contribution in [0.3, 0.4) is 0 Å². The number of benzene rings is 1. The van der Waals surface area contributed by atoms with Crippen molar-refractivity contribution >= 4 is 5.82 Å². The molecule has 98 valence electrons. The zero-order valence-corrected chi connectivity index (χ0v) is 11.0. The molecule has 0 atom stereocenters. The number of nitrogens with zero attached hydrogens (tertiary/aromatic N) is 4. The van der Waals surface area contributed by atoms with Crippen LogP contribution in [0.1, 0.15) is 5.56 Å². The first-order valence-corrected chi connectivity index (χ1v) is 6.55. The van der Waals surface area contributed by atoms with Crippen LogP contribution < -0.4 is 10.2 Å². The van der Waals surface area contributed by atoms with E-state index >= 15 is 0 Å². The molecule has 3 rings (SSSR count). The molecule has 5 nitrogen and oxygen atoms in total. The monoisotopic (exact) mass is 255 g/mol. The molecule has 1 aliphatic heterocycles. The van der Waals surface area contributed by atoms with Gasteiger partial charge in [-0.05, 0) is 6.92 Å². The minimum absolute atomic E-state index is 0.691. The van der Waals surface area contributed by atoms with Crippen LogP contribution in [0, 0.1) is 6.92 Å². The van der Waals surface area contributed by atoms with E-state index in [0.717, 1.165) is 37.6 Å². The first kappa shape index (κ1) is 12.0. The van der Waals surface area contributed by atoms with Crippen LogP contribution >= 0.6 is 0 Å². The summed E-state index contributed by atoms with van der Waals surface area (Å²) in [7, 11) is 0. The van der Waals surface area contributed by atoms with Crippen LogP contribution in [0.15, 0.2) is 30.5 Å². The lowest BCUT2D eigenvalue weighted by molar-refractivity contribution is 0.583. The van der Waals surface area contributed by atoms with E-state index in [-0.39, 0.29) is 0 Å². The van der Waals surface area contributed by atoms with Gasteiger partial charge < -0.3 is 10.2 Å². The maximum Gasteiger partial charge on any atom is 0.183 e. The lowest BCUT2D eigenvalue weighted by Crippen LogP contribution is -2.44. The lowest BCUT2D eigenvalue weighted by Gasteiger charge is -2.28. The molecule has 1 saturated heterocycles. The van der Waals surface area contributed by atoms with Crippen molar-refractivity contribution in [1.82, 2.24) is 20.5 Å². The molecule has 5 heteroatoms. The minimum Gasteiger partial charge on any atom is -0.353 e. The predicted molar refractivity (Wildman–Crippen MR) is 75.1 cm³/mol. The second kappa shape index (κ2) is 5.32. The highest BCUT2D eigenvalue weighted by atomic mass is 15.3. The predicted octanol–water partition coefficient (Wildman–Crippen LogP) is 1.26. The van der Waals surface area contributed by atoms with E-state index in [1.807, 2.05) is 12.1 Å². The van der Waals surface area contributed by atoms with E-state index in [2.05, 4.69) is 44.5 Å². The highest BCUT2D eigenvalue weighted by Gasteiger charge is 2.13. The van der Waals surface area contributed by atoms with Crippen LogP contribution in [0.4, 0.5) is 5.82 Å². The van der Waals surface area contributed by atoms with E-state index in [1.54, 1.807) is 6.20 Å². The summed E-state index contributed by atoms with van der Waals surface area (Å²) in [6.45, 7) is 5.98. The Bertz CT molecular complexity index is 546. The number of hydrogen-bond donors (Lipinski definition) is 1. The molecule has 1 aliphatic rings. The molecular formula is C14H17N5. The van der Waals surface area contributed by atoms with Crippen LogP contribution in [0.5, 0.6) is 0 Å². The summed E-state index contributed by atoms with van der Waals surface area (Å²) >= 11 is 0. The fourth-order valence-electron chi connectivity index (χ4n) is 2.17. The molecule has 2 heterocycles. The normalized spacial score (nSPS) is 15.5. The molecule has 1 aromatic heterocycles. The molecule has 0 aliphatic carbocycles. The van der Waals surface area contributed by atoms with Gasteiger partial charge >= 0.3 is 0 Å². The summed E-state index contributed by atoms with van der Waals surface area (Å²) in [4.78, 5) is 6.86. The zero-order valence-electron chi connectivity index (χ0n) is 11.0. The number of aryl methyl sites for hydroxylation is 1. The first-order valence-electron chi connectivity index (χ1n) is 6.55. The summed E-state index contributed by atoms with van der Waals surface area (Å²) in [5.41, 5.74) is 2.24. The van der Waals surface area contributed by atoms with E-state index in [4.69, 9.17) is 0 Å². The van der Waals surface area contributed by atoms with Gasteiger partial charge in [0.15, 0.2) is 11.6 Å². The number of piperazine rings is 1. The number of hydrogen-bond acceptors (Lipinski definition) is 5. The van der Waals surface area contributed by atoms with E-state index in [1.165, 1.54) is 5.56 Å². The van der Waals surface area contributed by atoms with Crippen molar-refractivity contribution in [3.05, 3.63) is 36.0 Å². The zero-order chi connectivity index (χ0) is 13.1. The Hall–Kier alpha value is -2.01. The molecule has 2 aromatic rings. The molecule has 0 amide bonds. The van der Waals surface area contributed by atoms with Gasteiger partial charge in [-0.2, -0.15) is 5.10 Å². The largest absolute Gasteiger partial charge is 0.353 e. The van der Waals surface area contributed by atoms with Crippen molar-refractivity contribution in [3.8, 4) is 11.4 Å². The maximum absolute atomic E-state index is 4.62. The van der Waals surface area contributed by atoms with Crippen LogP contribution in [-0.2, 0) is 0 Å². The van der Waals surface area contributed by atoms with E-state index < -0.39 is 0 Å². The maximum atomic E-state index is 4.62. The molecule has 0 unspecified atom stereocenters. The van der Waals surface area contributed by atoms with Gasteiger partial charge in [0.05, 0.1) is 6.20 Å². The van der Waals surface area contributed by atoms with Crippen LogP contribution in [0.25, 0.3) is 11.4 Å². The van der Waals surface area contributed by atoms with Crippen molar-refractivity contribution in [2.45, 2.75) is 6.92 Å². The fourth-order valence-corrected chi connectivity index (χ4v) is 2.17. The second-order valence-corrected chi connectivity index (χ2v) is 4.74. The Morgan fingerprint density at radius 2 is 1.84 bits per heavy atom. The highest BCUT2D eigenvalue weighted by Crippen LogP contribution is 2.18. The van der Waals surface area contributed by atoms with Crippen molar-refractivity contribution in [2.75, 3.05) is 31.1 Å². The van der Waals surface area contributed by atoms with Gasteiger partial charge in [-0.3, -0.25) is 0 Å². The Labute approximate surface area is 112 Å². The smallest absolute Gasteiger partial charge is 0.183 e. The number of aromatic nitrogens is 3. The van der Waals surface area contributed by atoms with Crippen molar-refractivity contribution in [1.29, 1.82) is 0 Å². The molecule has 0 spiro atoms. The van der Waals surface area contributed by atoms with Gasteiger partial charge in [0.2, 0.25) is 0 Å². The number of rotatable bonds is 2. The van der Waals surface area contributed by atoms with Crippen molar-refractivity contribution < 1.29 is 0 Å². The average molecular weight is 255 g/mol. The number of anilines is 1. The van der Waals surface area contributed by atoms with Gasteiger partial charge in [-0.1, -0.05) is 29.8 Å². The van der Waals surface area contributed by atoms with Gasteiger partial charge in [0.1, 0.15) is 0 Å². The van der Waals surface area contributed by atoms with Crippen molar-refractivity contribution in [2.24, 2.45) is 0 Å². The molecule has 0 saturated carbocycles. The molecule has 19 heavy (non-hydrogen) atoms. The SMILES string of the molecule is Cc1ccc(-c2nncc(N3CCNCC3)n2)cc1. The van der Waals surface area contributed by atoms with Crippen LogP contribution in [0.2, 0.25) is 0 Å². The van der Waals surface area contributed by atoms with Gasteiger partial charge in [-0.15, -0.1) is 5.10 Å². The Morgan fingerprint density at radius 1 is 1.11 bits per heavy atom. The van der Waals surface area contributed by atoms with Crippen LogP contribution in [-0.4, -0.2) is 41.4 Å². The fraction of sp³-hybridized carbons (Fsp3) is 0.357. The van der Waals surface area contributed by atoms with Gasteiger partial charge in [-0.25, -0.2) is 4.98 Å². The molecule has 0 radical (unpaired) electrons. The Morgan fingerprint density at radius 3 is 2.58 bits per heavy atom. The summed E-state index contributed by atoms with van der Waals surface area (Å²) in [5.74, 6) is 1.60. The highest BCUT2D eigenvalue weighted by molar-refractivity contribution is 5.56. The number of nitrogens with one attached hydrogen (secondary N) is 1. The molecule has 1 N–H and O–H groups in total. The molecular weight excluding hydrogens is 238 g/mol. The van der Waals surface area contributed by atoms with E-state index in [0.29, 0.717) is 5.82 Å². The summed E-state index contributed by atoms with van der Waals surface area (Å²) in [5, 5.41) is 11.5. The Kier molecular flexibility index (Phi) is 3.37. The summed E-state index contributed by atoms with van der Waals surface area (Å²) in [6.07, 6.45) is 1.74. The minimum atomic E-state index is 0.691. The summed E-state index contributed by atoms with van der Waals surface area (Å²) < 4.78 is 0. The third kappa shape index (κ3) is 2.71. The first-order chi connectivity index (χ1) is 9.33. The van der Waals surface area contributed by atoms with Gasteiger partial charge in [0.25, 0.3) is 0 Å². The Balaban J connectivity index is 1.88. The lowest BCUT2D eigenvalue weighted by atomic mass is 10.1. The van der Waals surface area contributed by atoms with E-state index in [9.17, 15) is 0 Å². The summed E-state index contributed by atoms with van der Waals surface area (Å²) in [6, 6.07) is 8.20. The van der Waals surface area contributed by atoms with Gasteiger partial charge in [0, 0.05) is 31.7 Å². The topological polar surface area (TPSA) is 53.9 Å². The third-order valence-corrected chi connectivity index (χ3v) is 3.30. The third-order valence-electron chi connectivity index (χ3n) is 3.30. The average Bonchev–Trinajstić information content (AvgIpc) is 2.49. The second-order valence-electron chi connectivity index (χ2n) is 4.74. The molecule has 1 fully saturated rings. The standard InChI is InChI=1S/C14H17N5/c1-11-2-4-12(5-3-11)14-17-13(10-16-18-14)19-8-6-15-7-9-19/h2-5,10,15H,6-9H2,1H3. The molecule has 0 bridgehead atoms. The molecule has 1 aromatic carbocycles. The van der Waals surface area contributed by atoms with Crippen molar-refractivity contribution in [3.63, 3.8) is 0 Å².